The first kappa shape index (κ1) is 15.0. The molecule has 20 heavy (non-hydrogen) atoms. The van der Waals surface area contributed by atoms with Crippen molar-refractivity contribution < 1.29 is 14.0 Å². The maximum atomic E-state index is 13.2. The van der Waals surface area contributed by atoms with Crippen LogP contribution in [0.2, 0.25) is 0 Å². The van der Waals surface area contributed by atoms with Crippen molar-refractivity contribution in [3.8, 4) is 0 Å². The second-order valence-corrected chi connectivity index (χ2v) is 6.28. The van der Waals surface area contributed by atoms with Gasteiger partial charge in [0.15, 0.2) is 0 Å². The summed E-state index contributed by atoms with van der Waals surface area (Å²) in [5.41, 5.74) is -0.161. The Labute approximate surface area is 125 Å². The van der Waals surface area contributed by atoms with E-state index in [4.69, 9.17) is 0 Å². The van der Waals surface area contributed by atoms with E-state index in [0.717, 1.165) is 5.56 Å². The van der Waals surface area contributed by atoms with Crippen LogP contribution in [-0.4, -0.2) is 28.3 Å². The fourth-order valence-corrected chi connectivity index (χ4v) is 2.59. The highest BCUT2D eigenvalue weighted by atomic mass is 79.9. The molecule has 108 valence electrons. The summed E-state index contributed by atoms with van der Waals surface area (Å²) in [6.45, 7) is 5.32. The molecular formula is C14H16BrFN2O2. The van der Waals surface area contributed by atoms with Crippen molar-refractivity contribution in [2.75, 3.05) is 0 Å². The third kappa shape index (κ3) is 2.57. The number of amides is 2. The smallest absolute Gasteiger partial charge is 0.246 e. The third-order valence-electron chi connectivity index (χ3n) is 3.54. The van der Waals surface area contributed by atoms with E-state index in [0.29, 0.717) is 4.47 Å². The molecule has 4 nitrogen and oxygen atoms in total. The second-order valence-electron chi connectivity index (χ2n) is 5.43. The van der Waals surface area contributed by atoms with Gasteiger partial charge in [0.25, 0.3) is 0 Å². The predicted molar refractivity (Wildman–Crippen MR) is 76.3 cm³/mol. The number of piperazine rings is 1. The van der Waals surface area contributed by atoms with Crippen molar-refractivity contribution in [3.63, 3.8) is 0 Å². The molecule has 6 heteroatoms. The van der Waals surface area contributed by atoms with Crippen LogP contribution in [-0.2, 0) is 16.1 Å². The van der Waals surface area contributed by atoms with Gasteiger partial charge in [-0.05, 0) is 54.4 Å². The van der Waals surface area contributed by atoms with Crippen LogP contribution < -0.4 is 5.32 Å². The maximum Gasteiger partial charge on any atom is 0.246 e. The van der Waals surface area contributed by atoms with Gasteiger partial charge in [0.1, 0.15) is 17.4 Å². The Morgan fingerprint density at radius 3 is 2.65 bits per heavy atom. The molecule has 1 saturated heterocycles. The van der Waals surface area contributed by atoms with Crippen molar-refractivity contribution >= 4 is 27.7 Å². The van der Waals surface area contributed by atoms with Crippen LogP contribution in [0.3, 0.4) is 0 Å². The van der Waals surface area contributed by atoms with Gasteiger partial charge in [0.2, 0.25) is 11.8 Å². The largest absolute Gasteiger partial charge is 0.343 e. The number of nitrogens with one attached hydrogen (secondary N) is 1. The van der Waals surface area contributed by atoms with E-state index < -0.39 is 11.6 Å². The molecule has 1 fully saturated rings. The topological polar surface area (TPSA) is 49.4 Å². The van der Waals surface area contributed by atoms with Crippen LogP contribution in [0.5, 0.6) is 0 Å². The molecule has 1 aromatic carbocycles. The first-order valence-corrected chi connectivity index (χ1v) is 7.09. The zero-order chi connectivity index (χ0) is 15.1. The molecule has 0 saturated carbocycles. The minimum atomic E-state index is -0.926. The van der Waals surface area contributed by atoms with Crippen LogP contribution in [0.25, 0.3) is 0 Å². The van der Waals surface area contributed by atoms with Crippen LogP contribution >= 0.6 is 15.9 Å². The van der Waals surface area contributed by atoms with Gasteiger partial charge in [0.05, 0.1) is 4.47 Å². The molecule has 1 heterocycles. The fourth-order valence-electron chi connectivity index (χ4n) is 2.16. The molecule has 0 radical (unpaired) electrons. The first-order chi connectivity index (χ1) is 9.23. The highest BCUT2D eigenvalue weighted by Crippen LogP contribution is 2.25. The average molecular weight is 343 g/mol. The summed E-state index contributed by atoms with van der Waals surface area (Å²) in [5.74, 6) is -0.690. The zero-order valence-electron chi connectivity index (χ0n) is 11.5. The van der Waals surface area contributed by atoms with Crippen molar-refractivity contribution in [1.82, 2.24) is 10.2 Å². The molecule has 1 unspecified atom stereocenters. The van der Waals surface area contributed by atoms with E-state index in [-0.39, 0.29) is 24.2 Å². The Bertz CT molecular complexity index is 574. The van der Waals surface area contributed by atoms with Gasteiger partial charge in [-0.1, -0.05) is 6.07 Å². The lowest BCUT2D eigenvalue weighted by Crippen LogP contribution is -2.67. The molecule has 1 aliphatic heterocycles. The summed E-state index contributed by atoms with van der Waals surface area (Å²) in [7, 11) is 0. The van der Waals surface area contributed by atoms with E-state index in [1.165, 1.54) is 11.0 Å². The van der Waals surface area contributed by atoms with E-state index in [9.17, 15) is 14.0 Å². The zero-order valence-corrected chi connectivity index (χ0v) is 13.1. The van der Waals surface area contributed by atoms with Crippen molar-refractivity contribution in [3.05, 3.63) is 34.1 Å². The number of carbonyl (C=O) groups is 2. The quantitative estimate of drug-likeness (QED) is 0.895. The second kappa shape index (κ2) is 5.16. The number of hydrogen-bond acceptors (Lipinski definition) is 2. The standard InChI is InChI=1S/C14H16BrFN2O2/c1-8-12(19)18(14(2,3)13(20)17-8)7-9-4-5-11(16)10(15)6-9/h4-6,8H,7H2,1-3H3,(H,17,20). The predicted octanol–water partition coefficient (Wildman–Crippen LogP) is 2.21. The van der Waals surface area contributed by atoms with Crippen LogP contribution in [0, 0.1) is 5.82 Å². The Morgan fingerprint density at radius 1 is 1.40 bits per heavy atom. The van der Waals surface area contributed by atoms with Crippen molar-refractivity contribution in [1.29, 1.82) is 0 Å². The van der Waals surface area contributed by atoms with Gasteiger partial charge in [0, 0.05) is 6.54 Å². The normalized spacial score (nSPS) is 21.9. The lowest BCUT2D eigenvalue weighted by atomic mass is 9.95. The number of hydrogen-bond donors (Lipinski definition) is 1. The Kier molecular flexibility index (Phi) is 3.86. The van der Waals surface area contributed by atoms with Gasteiger partial charge in [-0.15, -0.1) is 0 Å². The van der Waals surface area contributed by atoms with E-state index >= 15 is 0 Å². The monoisotopic (exact) mass is 342 g/mol. The lowest BCUT2D eigenvalue weighted by molar-refractivity contribution is -0.155. The van der Waals surface area contributed by atoms with E-state index in [2.05, 4.69) is 21.2 Å². The Hall–Kier alpha value is -1.43. The first-order valence-electron chi connectivity index (χ1n) is 6.30. The molecule has 1 N–H and O–H groups in total. The number of rotatable bonds is 2. The van der Waals surface area contributed by atoms with E-state index in [1.807, 2.05) is 0 Å². The molecule has 0 aromatic heterocycles. The van der Waals surface area contributed by atoms with Gasteiger partial charge in [-0.2, -0.15) is 0 Å². The number of nitrogens with zero attached hydrogens (tertiary/aromatic N) is 1. The molecule has 1 aliphatic rings. The van der Waals surface area contributed by atoms with Crippen LogP contribution in [0.1, 0.15) is 26.3 Å². The molecule has 0 spiro atoms. The van der Waals surface area contributed by atoms with Crippen LogP contribution in [0.15, 0.2) is 22.7 Å². The highest BCUT2D eigenvalue weighted by molar-refractivity contribution is 9.10. The molecule has 2 rings (SSSR count). The number of benzene rings is 1. The van der Waals surface area contributed by atoms with Gasteiger partial charge in [-0.25, -0.2) is 4.39 Å². The maximum absolute atomic E-state index is 13.2. The minimum absolute atomic E-state index is 0.143. The van der Waals surface area contributed by atoms with Gasteiger partial charge in [-0.3, -0.25) is 9.59 Å². The van der Waals surface area contributed by atoms with Crippen molar-refractivity contribution in [2.24, 2.45) is 0 Å². The molecule has 1 atom stereocenters. The Balaban J connectivity index is 2.31. The summed E-state index contributed by atoms with van der Waals surface area (Å²) in [4.78, 5) is 25.8. The van der Waals surface area contributed by atoms with Gasteiger partial charge < -0.3 is 10.2 Å². The van der Waals surface area contributed by atoms with Gasteiger partial charge >= 0.3 is 0 Å². The van der Waals surface area contributed by atoms with E-state index in [1.54, 1.807) is 32.9 Å². The molecule has 0 bridgehead atoms. The number of halogens is 2. The average Bonchev–Trinajstić information content (AvgIpc) is 2.37. The summed E-state index contributed by atoms with van der Waals surface area (Å²) in [6, 6.07) is 4.03. The fraction of sp³-hybridized carbons (Fsp3) is 0.429. The molecule has 2 amide bonds. The molecular weight excluding hydrogens is 327 g/mol. The summed E-state index contributed by atoms with van der Waals surface area (Å²) >= 11 is 3.12. The SMILES string of the molecule is CC1NC(=O)C(C)(C)N(Cc2ccc(F)c(Br)c2)C1=O. The summed E-state index contributed by atoms with van der Waals surface area (Å²) in [6.07, 6.45) is 0. The highest BCUT2D eigenvalue weighted by Gasteiger charge is 2.44. The Morgan fingerprint density at radius 2 is 2.05 bits per heavy atom. The van der Waals surface area contributed by atoms with Crippen molar-refractivity contribution in [2.45, 2.75) is 38.9 Å². The summed E-state index contributed by atoms with van der Waals surface area (Å²) < 4.78 is 13.6. The molecule has 1 aromatic rings. The lowest BCUT2D eigenvalue weighted by Gasteiger charge is -2.43. The minimum Gasteiger partial charge on any atom is -0.343 e. The number of carbonyl (C=O) groups excluding carboxylic acids is 2. The van der Waals surface area contributed by atoms with Crippen LogP contribution in [0.4, 0.5) is 4.39 Å². The summed E-state index contributed by atoms with van der Waals surface area (Å²) in [5, 5.41) is 2.66. The molecule has 0 aliphatic carbocycles. The third-order valence-corrected chi connectivity index (χ3v) is 4.15.